The van der Waals surface area contributed by atoms with E-state index in [2.05, 4.69) is 5.32 Å². The molecule has 0 unspecified atom stereocenters. The quantitative estimate of drug-likeness (QED) is 0.463. The average molecular weight is 450 g/mol. The smallest absolute Gasteiger partial charge is 0.264 e. The van der Waals surface area contributed by atoms with Crippen LogP contribution >= 0.6 is 0 Å². The zero-order valence-electron chi connectivity index (χ0n) is 18.8. The molecule has 0 aliphatic carbocycles. The molecule has 8 heteroatoms. The number of methoxy groups -OCH3 is 1. The number of rotatable bonds is 9. The normalized spacial score (nSPS) is 13.2. The number of carbonyl (C=O) groups excluding carboxylic acids is 2. The highest BCUT2D eigenvalue weighted by atomic mass is 16.5. The summed E-state index contributed by atoms with van der Waals surface area (Å²) in [4.78, 5) is 26.6. The summed E-state index contributed by atoms with van der Waals surface area (Å²) < 4.78 is 16.5. The minimum atomic E-state index is -0.351. The van der Waals surface area contributed by atoms with Crippen LogP contribution in [-0.4, -0.2) is 50.1 Å². The Balaban J connectivity index is 1.67. The standard InChI is InChI=1S/C25H27N3O5/c1-3-32-21-9-5-4-8-20(21)27-24(29)17-33-22-11-10-18(15-23(22)31-2)14-19(16-26)25(30)28-12-6-7-13-28/h4-5,8-11,14-15H,3,6-7,12-13,17H2,1-2H3,(H,27,29)/b19-14+. The van der Waals surface area contributed by atoms with Crippen molar-refractivity contribution < 1.29 is 23.8 Å². The van der Waals surface area contributed by atoms with E-state index in [1.807, 2.05) is 19.1 Å². The van der Waals surface area contributed by atoms with Gasteiger partial charge >= 0.3 is 0 Å². The van der Waals surface area contributed by atoms with Crippen molar-refractivity contribution in [2.45, 2.75) is 19.8 Å². The van der Waals surface area contributed by atoms with Gasteiger partial charge in [-0.3, -0.25) is 9.59 Å². The van der Waals surface area contributed by atoms with Gasteiger partial charge in [-0.2, -0.15) is 5.26 Å². The summed E-state index contributed by atoms with van der Waals surface area (Å²) in [5.41, 5.74) is 1.26. The van der Waals surface area contributed by atoms with Crippen LogP contribution in [0.4, 0.5) is 5.69 Å². The van der Waals surface area contributed by atoms with E-state index in [0.29, 0.717) is 48.2 Å². The first kappa shape index (κ1) is 23.7. The highest BCUT2D eigenvalue weighted by Crippen LogP contribution is 2.29. The minimum absolute atomic E-state index is 0.0694. The number of ether oxygens (including phenoxy) is 3. The molecule has 1 heterocycles. The van der Waals surface area contributed by atoms with Crippen LogP contribution in [-0.2, 0) is 9.59 Å². The number of nitrogens with one attached hydrogen (secondary N) is 1. The largest absolute Gasteiger partial charge is 0.493 e. The van der Waals surface area contributed by atoms with Crippen LogP contribution in [0.1, 0.15) is 25.3 Å². The second-order valence-electron chi connectivity index (χ2n) is 7.35. The van der Waals surface area contributed by atoms with E-state index in [1.165, 1.54) is 13.2 Å². The van der Waals surface area contributed by atoms with Gasteiger partial charge in [-0.05, 0) is 55.7 Å². The van der Waals surface area contributed by atoms with Crippen molar-refractivity contribution in [3.63, 3.8) is 0 Å². The van der Waals surface area contributed by atoms with Crippen molar-refractivity contribution in [1.29, 1.82) is 5.26 Å². The summed E-state index contributed by atoms with van der Waals surface area (Å²) in [5, 5.41) is 12.2. The summed E-state index contributed by atoms with van der Waals surface area (Å²) in [6.45, 7) is 3.46. The number of likely N-dealkylation sites (tertiary alicyclic amines) is 1. The number of carbonyl (C=O) groups is 2. The van der Waals surface area contributed by atoms with E-state index in [9.17, 15) is 14.9 Å². The predicted molar refractivity (Wildman–Crippen MR) is 124 cm³/mol. The average Bonchev–Trinajstić information content (AvgIpc) is 3.37. The lowest BCUT2D eigenvalue weighted by Crippen LogP contribution is -2.28. The van der Waals surface area contributed by atoms with Gasteiger partial charge in [-0.1, -0.05) is 18.2 Å². The minimum Gasteiger partial charge on any atom is -0.493 e. The topological polar surface area (TPSA) is 101 Å². The highest BCUT2D eigenvalue weighted by molar-refractivity contribution is 6.01. The molecule has 1 aliphatic heterocycles. The molecule has 2 amide bonds. The van der Waals surface area contributed by atoms with E-state index >= 15 is 0 Å². The molecule has 2 aromatic carbocycles. The Bertz CT molecular complexity index is 1070. The van der Waals surface area contributed by atoms with Crippen molar-refractivity contribution in [3.05, 3.63) is 53.6 Å². The molecule has 1 aliphatic rings. The maximum absolute atomic E-state index is 12.5. The number of amides is 2. The van der Waals surface area contributed by atoms with Crippen molar-refractivity contribution in [1.82, 2.24) is 4.90 Å². The summed E-state index contributed by atoms with van der Waals surface area (Å²) in [6.07, 6.45) is 3.44. The third kappa shape index (κ3) is 6.26. The zero-order valence-corrected chi connectivity index (χ0v) is 18.8. The van der Waals surface area contributed by atoms with Crippen molar-refractivity contribution >= 4 is 23.6 Å². The molecule has 0 saturated carbocycles. The SMILES string of the molecule is CCOc1ccccc1NC(=O)COc1ccc(/C=C(\C#N)C(=O)N2CCCC2)cc1OC. The van der Waals surface area contributed by atoms with Gasteiger partial charge in [0, 0.05) is 13.1 Å². The molecule has 172 valence electrons. The Labute approximate surface area is 193 Å². The molecular weight excluding hydrogens is 422 g/mol. The summed E-state index contributed by atoms with van der Waals surface area (Å²) in [5.74, 6) is 0.720. The van der Waals surface area contributed by atoms with E-state index < -0.39 is 0 Å². The third-order valence-electron chi connectivity index (χ3n) is 5.06. The van der Waals surface area contributed by atoms with Gasteiger partial charge < -0.3 is 24.4 Å². The maximum Gasteiger partial charge on any atom is 0.264 e. The Morgan fingerprint density at radius 1 is 1.09 bits per heavy atom. The molecule has 2 aromatic rings. The maximum atomic E-state index is 12.5. The second-order valence-corrected chi connectivity index (χ2v) is 7.35. The number of nitriles is 1. The van der Waals surface area contributed by atoms with Gasteiger partial charge in [0.25, 0.3) is 11.8 Å². The fourth-order valence-corrected chi connectivity index (χ4v) is 3.47. The Morgan fingerprint density at radius 2 is 1.85 bits per heavy atom. The van der Waals surface area contributed by atoms with Crippen LogP contribution in [0.15, 0.2) is 48.0 Å². The first-order chi connectivity index (χ1) is 16.0. The Kier molecular flexibility index (Phi) is 8.30. The van der Waals surface area contributed by atoms with E-state index in [-0.39, 0.29) is 24.0 Å². The van der Waals surface area contributed by atoms with Crippen LogP contribution < -0.4 is 19.5 Å². The van der Waals surface area contributed by atoms with Crippen LogP contribution in [0, 0.1) is 11.3 Å². The molecule has 3 rings (SSSR count). The number of benzene rings is 2. The van der Waals surface area contributed by atoms with Crippen LogP contribution in [0.2, 0.25) is 0 Å². The third-order valence-corrected chi connectivity index (χ3v) is 5.06. The molecule has 0 aromatic heterocycles. The number of hydrogen-bond acceptors (Lipinski definition) is 6. The van der Waals surface area contributed by atoms with E-state index in [0.717, 1.165) is 12.8 Å². The van der Waals surface area contributed by atoms with Gasteiger partial charge in [0.1, 0.15) is 17.4 Å². The molecule has 8 nitrogen and oxygen atoms in total. The Hall–Kier alpha value is -3.99. The van der Waals surface area contributed by atoms with Crippen molar-refractivity contribution in [3.8, 4) is 23.3 Å². The molecular formula is C25H27N3O5. The Morgan fingerprint density at radius 3 is 2.55 bits per heavy atom. The lowest BCUT2D eigenvalue weighted by atomic mass is 10.1. The molecule has 0 spiro atoms. The first-order valence-electron chi connectivity index (χ1n) is 10.8. The number of nitrogens with zero attached hydrogens (tertiary/aromatic N) is 2. The van der Waals surface area contributed by atoms with Gasteiger partial charge in [-0.15, -0.1) is 0 Å². The van der Waals surface area contributed by atoms with Gasteiger partial charge in [-0.25, -0.2) is 0 Å². The lowest BCUT2D eigenvalue weighted by Gasteiger charge is -2.15. The molecule has 33 heavy (non-hydrogen) atoms. The fraction of sp³-hybridized carbons (Fsp3) is 0.320. The summed E-state index contributed by atoms with van der Waals surface area (Å²) in [6, 6.07) is 14.2. The second kappa shape index (κ2) is 11.6. The summed E-state index contributed by atoms with van der Waals surface area (Å²) >= 11 is 0. The number of hydrogen-bond donors (Lipinski definition) is 1. The van der Waals surface area contributed by atoms with Crippen LogP contribution in [0.5, 0.6) is 17.2 Å². The number of anilines is 1. The van der Waals surface area contributed by atoms with Crippen molar-refractivity contribution in [2.24, 2.45) is 0 Å². The van der Waals surface area contributed by atoms with Gasteiger partial charge in [0.15, 0.2) is 18.1 Å². The molecule has 0 radical (unpaired) electrons. The molecule has 0 atom stereocenters. The van der Waals surface area contributed by atoms with Gasteiger partial charge in [0.2, 0.25) is 0 Å². The summed E-state index contributed by atoms with van der Waals surface area (Å²) in [7, 11) is 1.48. The number of para-hydroxylation sites is 2. The fourth-order valence-electron chi connectivity index (χ4n) is 3.47. The van der Waals surface area contributed by atoms with E-state index in [4.69, 9.17) is 14.2 Å². The monoisotopic (exact) mass is 449 g/mol. The highest BCUT2D eigenvalue weighted by Gasteiger charge is 2.21. The molecule has 0 bridgehead atoms. The predicted octanol–water partition coefficient (Wildman–Crippen LogP) is 3.64. The van der Waals surface area contributed by atoms with E-state index in [1.54, 1.807) is 41.3 Å². The van der Waals surface area contributed by atoms with Crippen molar-refractivity contribution in [2.75, 3.05) is 38.7 Å². The lowest BCUT2D eigenvalue weighted by molar-refractivity contribution is -0.125. The molecule has 1 N–H and O–H groups in total. The molecule has 1 saturated heterocycles. The van der Waals surface area contributed by atoms with Crippen LogP contribution in [0.3, 0.4) is 0 Å². The van der Waals surface area contributed by atoms with Gasteiger partial charge in [0.05, 0.1) is 19.4 Å². The zero-order chi connectivity index (χ0) is 23.6. The van der Waals surface area contributed by atoms with Crippen LogP contribution in [0.25, 0.3) is 6.08 Å². The first-order valence-corrected chi connectivity index (χ1v) is 10.8. The molecule has 1 fully saturated rings.